The van der Waals surface area contributed by atoms with E-state index in [1.54, 1.807) is 29.5 Å². The number of anilines is 3. The molecule has 0 fully saturated rings. The Hall–Kier alpha value is -2.50. The zero-order chi connectivity index (χ0) is 23.9. The van der Waals surface area contributed by atoms with E-state index >= 15 is 0 Å². The highest BCUT2D eigenvalue weighted by Gasteiger charge is 2.32. The highest BCUT2D eigenvalue weighted by molar-refractivity contribution is 7.91. The van der Waals surface area contributed by atoms with Gasteiger partial charge in [-0.15, -0.1) is 11.3 Å². The van der Waals surface area contributed by atoms with Crippen LogP contribution in [0.3, 0.4) is 0 Å². The molecule has 0 radical (unpaired) electrons. The summed E-state index contributed by atoms with van der Waals surface area (Å²) < 4.78 is 49.4. The van der Waals surface area contributed by atoms with Gasteiger partial charge in [-0.25, -0.2) is 26.8 Å². The van der Waals surface area contributed by atoms with Crippen LogP contribution in [0, 0.1) is 5.41 Å². The second-order valence-corrected chi connectivity index (χ2v) is 14.3. The van der Waals surface area contributed by atoms with E-state index in [2.05, 4.69) is 34.4 Å². The monoisotopic (exact) mass is 506 g/mol. The lowest BCUT2D eigenvalue weighted by molar-refractivity contribution is 0.391. The number of hydrogen-bond donors (Lipinski definition) is 2. The molecule has 4 rings (SSSR count). The molecular weight excluding hydrogens is 480 g/mol. The summed E-state index contributed by atoms with van der Waals surface area (Å²) in [5.74, 6) is 0.492. The van der Waals surface area contributed by atoms with Crippen molar-refractivity contribution in [1.82, 2.24) is 9.97 Å². The van der Waals surface area contributed by atoms with Crippen molar-refractivity contribution in [2.24, 2.45) is 5.41 Å². The van der Waals surface area contributed by atoms with Crippen LogP contribution in [0.25, 0.3) is 0 Å². The molecule has 2 heterocycles. The van der Waals surface area contributed by atoms with Crippen LogP contribution < -0.4 is 10.6 Å². The Morgan fingerprint density at radius 2 is 1.67 bits per heavy atom. The van der Waals surface area contributed by atoms with Crippen molar-refractivity contribution in [3.05, 3.63) is 53.0 Å². The molecule has 1 aromatic carbocycles. The molecule has 2 aromatic heterocycles. The summed E-state index contributed by atoms with van der Waals surface area (Å²) >= 11 is 1.54. The molecule has 33 heavy (non-hydrogen) atoms. The molecule has 0 amide bonds. The Morgan fingerprint density at radius 3 is 2.33 bits per heavy atom. The fourth-order valence-electron chi connectivity index (χ4n) is 3.69. The van der Waals surface area contributed by atoms with Gasteiger partial charge in [-0.3, -0.25) is 0 Å². The molecule has 1 aliphatic carbocycles. The number of pyridine rings is 1. The maximum absolute atomic E-state index is 13.2. The summed E-state index contributed by atoms with van der Waals surface area (Å²) in [7, 11) is -6.97. The van der Waals surface area contributed by atoms with Crippen molar-refractivity contribution >= 4 is 47.8 Å². The number of hydrogen-bond acceptors (Lipinski definition) is 9. The maximum atomic E-state index is 13.2. The Bertz CT molecular complexity index is 1360. The predicted molar refractivity (Wildman–Crippen MR) is 131 cm³/mol. The quantitative estimate of drug-likeness (QED) is 0.475. The molecule has 0 saturated carbocycles. The van der Waals surface area contributed by atoms with Crippen LogP contribution in [0.1, 0.15) is 24.4 Å². The fourth-order valence-corrected chi connectivity index (χ4v) is 6.73. The summed E-state index contributed by atoms with van der Waals surface area (Å²) in [5, 5.41) is 6.73. The van der Waals surface area contributed by atoms with E-state index in [-0.39, 0.29) is 33.3 Å². The topological polar surface area (TPSA) is 118 Å². The van der Waals surface area contributed by atoms with Gasteiger partial charge >= 0.3 is 0 Å². The molecule has 2 N–H and O–H groups in total. The minimum absolute atomic E-state index is 0.0540. The molecule has 1 aliphatic rings. The molecule has 0 saturated heterocycles. The van der Waals surface area contributed by atoms with Crippen LogP contribution in [-0.4, -0.2) is 45.4 Å². The lowest BCUT2D eigenvalue weighted by atomic mass is 9.91. The second kappa shape index (κ2) is 8.69. The SMILES string of the molecule is CC1(C)Cc2nc(Nc3cc(S(=O)(=O)c4ccccc4)cc(NCCS(C)(=O)=O)n3)sc2C1. The summed E-state index contributed by atoms with van der Waals surface area (Å²) in [4.78, 5) is 10.6. The van der Waals surface area contributed by atoms with Crippen molar-refractivity contribution in [3.63, 3.8) is 0 Å². The van der Waals surface area contributed by atoms with E-state index < -0.39 is 19.7 Å². The van der Waals surface area contributed by atoms with Crippen LogP contribution in [-0.2, 0) is 32.5 Å². The average molecular weight is 507 g/mol. The van der Waals surface area contributed by atoms with Crippen molar-refractivity contribution < 1.29 is 16.8 Å². The molecule has 8 nitrogen and oxygen atoms in total. The third-order valence-electron chi connectivity index (χ3n) is 5.24. The van der Waals surface area contributed by atoms with Crippen LogP contribution in [0.4, 0.5) is 16.8 Å². The van der Waals surface area contributed by atoms with Gasteiger partial charge in [-0.05, 0) is 36.5 Å². The van der Waals surface area contributed by atoms with Gasteiger partial charge in [0.25, 0.3) is 0 Å². The molecule has 11 heteroatoms. The van der Waals surface area contributed by atoms with Gasteiger partial charge in [-0.1, -0.05) is 32.0 Å². The number of nitrogens with one attached hydrogen (secondary N) is 2. The molecule has 0 aliphatic heterocycles. The second-order valence-electron chi connectivity index (χ2n) is 8.98. The predicted octanol–water partition coefficient (Wildman–Crippen LogP) is 3.70. The summed E-state index contributed by atoms with van der Waals surface area (Å²) in [6.45, 7) is 4.53. The Morgan fingerprint density at radius 1 is 0.970 bits per heavy atom. The number of fused-ring (bicyclic) bond motifs is 1. The van der Waals surface area contributed by atoms with E-state index in [4.69, 9.17) is 0 Å². The van der Waals surface area contributed by atoms with Crippen LogP contribution >= 0.6 is 11.3 Å². The van der Waals surface area contributed by atoms with E-state index in [9.17, 15) is 16.8 Å². The highest BCUT2D eigenvalue weighted by atomic mass is 32.2. The van der Waals surface area contributed by atoms with Gasteiger partial charge in [0.15, 0.2) is 5.13 Å². The minimum Gasteiger partial charge on any atom is -0.369 e. The molecule has 0 atom stereocenters. The third-order valence-corrected chi connectivity index (χ3v) is 8.95. The van der Waals surface area contributed by atoms with Crippen molar-refractivity contribution in [1.29, 1.82) is 0 Å². The third kappa shape index (κ3) is 5.71. The van der Waals surface area contributed by atoms with Gasteiger partial charge in [0.05, 0.1) is 21.2 Å². The Balaban J connectivity index is 1.66. The van der Waals surface area contributed by atoms with E-state index in [1.165, 1.54) is 29.1 Å². The van der Waals surface area contributed by atoms with Gasteiger partial charge < -0.3 is 10.6 Å². The standard InChI is InChI=1S/C22H26N4O4S3/c1-22(2)13-17-18(14-22)31-21(24-17)26-20-12-16(33(29,30)15-7-5-4-6-8-15)11-19(25-20)23-9-10-32(3,27)28/h4-8,11-12H,9-10,13-14H2,1-3H3,(H2,23,24,25,26). The van der Waals surface area contributed by atoms with Crippen LogP contribution in [0.15, 0.2) is 52.3 Å². The number of sulfone groups is 2. The van der Waals surface area contributed by atoms with Crippen molar-refractivity contribution in [3.8, 4) is 0 Å². The van der Waals surface area contributed by atoms with Crippen molar-refractivity contribution in [2.45, 2.75) is 36.5 Å². The molecule has 0 spiro atoms. The van der Waals surface area contributed by atoms with Gasteiger partial charge in [-0.2, -0.15) is 0 Å². The molecule has 3 aromatic rings. The minimum atomic E-state index is -3.80. The molecule has 176 valence electrons. The first-order valence-electron chi connectivity index (χ1n) is 10.4. The fraction of sp³-hybridized carbons (Fsp3) is 0.364. The van der Waals surface area contributed by atoms with Crippen molar-refractivity contribution in [2.75, 3.05) is 29.2 Å². The normalized spacial score (nSPS) is 15.2. The van der Waals surface area contributed by atoms with Crippen LogP contribution in [0.2, 0.25) is 0 Å². The number of aromatic nitrogens is 2. The lowest BCUT2D eigenvalue weighted by Crippen LogP contribution is -2.15. The Labute approximate surface area is 198 Å². The van der Waals surface area contributed by atoms with E-state index in [1.807, 2.05) is 0 Å². The number of rotatable bonds is 8. The first kappa shape index (κ1) is 23.7. The summed E-state index contributed by atoms with van der Waals surface area (Å²) in [5.41, 5.74) is 1.26. The number of thiazole rings is 1. The van der Waals surface area contributed by atoms with E-state index in [0.29, 0.717) is 10.9 Å². The molecular formula is C22H26N4O4S3. The first-order chi connectivity index (χ1) is 15.4. The van der Waals surface area contributed by atoms with Gasteiger partial charge in [0.2, 0.25) is 9.84 Å². The Kier molecular flexibility index (Phi) is 6.23. The maximum Gasteiger partial charge on any atom is 0.206 e. The molecule has 0 bridgehead atoms. The van der Waals surface area contributed by atoms with E-state index in [0.717, 1.165) is 24.8 Å². The highest BCUT2D eigenvalue weighted by Crippen LogP contribution is 2.41. The van der Waals surface area contributed by atoms with Gasteiger partial charge in [0, 0.05) is 23.7 Å². The lowest BCUT2D eigenvalue weighted by Gasteiger charge is -2.15. The number of benzene rings is 1. The first-order valence-corrected chi connectivity index (χ1v) is 14.8. The molecule has 0 unspecified atom stereocenters. The van der Waals surface area contributed by atoms with Gasteiger partial charge in [0.1, 0.15) is 21.5 Å². The summed E-state index contributed by atoms with van der Waals surface area (Å²) in [6, 6.07) is 11.0. The zero-order valence-corrected chi connectivity index (χ0v) is 21.1. The largest absolute Gasteiger partial charge is 0.369 e. The average Bonchev–Trinajstić information content (AvgIpc) is 3.20. The van der Waals surface area contributed by atoms with Crippen LogP contribution in [0.5, 0.6) is 0 Å². The number of nitrogens with zero attached hydrogens (tertiary/aromatic N) is 2. The zero-order valence-electron chi connectivity index (χ0n) is 18.6. The summed E-state index contributed by atoms with van der Waals surface area (Å²) in [6.07, 6.45) is 3.00. The smallest absolute Gasteiger partial charge is 0.206 e.